The third-order valence-corrected chi connectivity index (χ3v) is 3.32. The lowest BCUT2D eigenvalue weighted by Gasteiger charge is -2.18. The largest absolute Gasteiger partial charge is 0.342 e. The Hall–Kier alpha value is -1.56. The molecule has 0 spiro atoms. The van der Waals surface area contributed by atoms with Crippen molar-refractivity contribution < 1.29 is 9.59 Å². The van der Waals surface area contributed by atoms with Crippen molar-refractivity contribution in [1.82, 2.24) is 10.2 Å². The third-order valence-electron chi connectivity index (χ3n) is 2.18. The Morgan fingerprint density at radius 1 is 1.56 bits per heavy atom. The van der Waals surface area contributed by atoms with Crippen LogP contribution in [0.5, 0.6) is 0 Å². The summed E-state index contributed by atoms with van der Waals surface area (Å²) in [6.45, 7) is 0. The van der Waals surface area contributed by atoms with Crippen molar-refractivity contribution in [2.24, 2.45) is 4.99 Å². The molecular weight excluding hydrogens is 226 g/mol. The fourth-order valence-corrected chi connectivity index (χ4v) is 2.21. The molecule has 1 aliphatic carbocycles. The van der Waals surface area contributed by atoms with Crippen LogP contribution in [0, 0.1) is 0 Å². The van der Waals surface area contributed by atoms with Crippen LogP contribution >= 0.6 is 11.8 Å². The number of nitrogens with one attached hydrogen (secondary N) is 1. The Morgan fingerprint density at radius 2 is 2.31 bits per heavy atom. The summed E-state index contributed by atoms with van der Waals surface area (Å²) in [4.78, 5) is 28.8. The first-order valence-electron chi connectivity index (χ1n) is 4.74. The van der Waals surface area contributed by atoms with Gasteiger partial charge in [0.2, 0.25) is 0 Å². The van der Waals surface area contributed by atoms with E-state index in [-0.39, 0.29) is 17.3 Å². The molecule has 16 heavy (non-hydrogen) atoms. The van der Waals surface area contributed by atoms with Gasteiger partial charge in [0.25, 0.3) is 5.24 Å². The first-order valence-corrected chi connectivity index (χ1v) is 5.56. The van der Waals surface area contributed by atoms with Gasteiger partial charge in [-0.2, -0.15) is 4.99 Å². The number of allylic oxidation sites excluding steroid dienone is 2. The molecule has 0 aromatic heterocycles. The van der Waals surface area contributed by atoms with E-state index in [9.17, 15) is 9.59 Å². The minimum absolute atomic E-state index is 0.0675. The monoisotopic (exact) mass is 237 g/mol. The minimum atomic E-state index is -0.352. The van der Waals surface area contributed by atoms with Gasteiger partial charge in [-0.05, 0) is 23.9 Å². The number of carbonyl (C=O) groups is 2. The van der Waals surface area contributed by atoms with E-state index in [1.807, 2.05) is 6.08 Å². The van der Waals surface area contributed by atoms with Crippen molar-refractivity contribution in [3.05, 3.63) is 23.1 Å². The third kappa shape index (κ3) is 2.01. The number of urea groups is 1. The zero-order valence-corrected chi connectivity index (χ0v) is 9.75. The van der Waals surface area contributed by atoms with E-state index < -0.39 is 0 Å². The molecular formula is C10H11N3O2S. The molecule has 1 atom stereocenters. The summed E-state index contributed by atoms with van der Waals surface area (Å²) >= 11 is 1.11. The molecule has 0 aromatic rings. The average molecular weight is 237 g/mol. The molecule has 3 amide bonds. The van der Waals surface area contributed by atoms with E-state index in [0.717, 1.165) is 16.7 Å². The van der Waals surface area contributed by atoms with Crippen molar-refractivity contribution in [3.63, 3.8) is 0 Å². The van der Waals surface area contributed by atoms with Crippen molar-refractivity contribution in [3.8, 4) is 0 Å². The molecule has 0 aromatic carbocycles. The Kier molecular flexibility index (Phi) is 2.82. The van der Waals surface area contributed by atoms with Crippen LogP contribution in [0.2, 0.25) is 0 Å². The maximum atomic E-state index is 11.6. The van der Waals surface area contributed by atoms with Crippen LogP contribution in [0.1, 0.15) is 0 Å². The van der Waals surface area contributed by atoms with Gasteiger partial charge in [0, 0.05) is 19.0 Å². The quantitative estimate of drug-likeness (QED) is 0.749. The number of carbonyl (C=O) groups excluding carboxylic acids is 2. The Bertz CT molecular complexity index is 437. The van der Waals surface area contributed by atoms with Crippen LogP contribution in [-0.4, -0.2) is 42.0 Å². The van der Waals surface area contributed by atoms with Gasteiger partial charge in [-0.3, -0.25) is 4.79 Å². The number of nitrogens with zero attached hydrogens (tertiary/aromatic N) is 2. The number of fused-ring (bicyclic) bond motifs is 1. The summed E-state index contributed by atoms with van der Waals surface area (Å²) in [7, 11) is 3.38. The Labute approximate surface area is 97.3 Å². The zero-order valence-electron chi connectivity index (χ0n) is 8.93. The SMILES string of the molecule is CN(C)C(=O)SC1=CC=CC2=NC(=O)NC12. The lowest BCUT2D eigenvalue weighted by molar-refractivity contribution is 0.241. The van der Waals surface area contributed by atoms with Gasteiger partial charge in [0.05, 0.1) is 5.71 Å². The number of hydrogen-bond acceptors (Lipinski definition) is 3. The van der Waals surface area contributed by atoms with E-state index in [1.54, 1.807) is 26.2 Å². The van der Waals surface area contributed by atoms with Gasteiger partial charge < -0.3 is 10.2 Å². The molecule has 0 saturated carbocycles. The second-order valence-corrected chi connectivity index (χ2v) is 4.63. The lowest BCUT2D eigenvalue weighted by Crippen LogP contribution is -2.34. The molecule has 1 unspecified atom stereocenters. The molecule has 5 nitrogen and oxygen atoms in total. The van der Waals surface area contributed by atoms with Gasteiger partial charge in [0.15, 0.2) is 0 Å². The van der Waals surface area contributed by atoms with Gasteiger partial charge in [-0.25, -0.2) is 4.79 Å². The Balaban J connectivity index is 2.15. The van der Waals surface area contributed by atoms with Crippen LogP contribution in [0.25, 0.3) is 0 Å². The number of amides is 3. The lowest BCUT2D eigenvalue weighted by atomic mass is 10.1. The first-order chi connectivity index (χ1) is 7.58. The average Bonchev–Trinajstić information content (AvgIpc) is 2.59. The second kappa shape index (κ2) is 4.13. The summed E-state index contributed by atoms with van der Waals surface area (Å²) in [5, 5.41) is 2.63. The maximum Gasteiger partial charge on any atom is 0.342 e. The number of thioether (sulfide) groups is 1. The number of rotatable bonds is 1. The molecule has 0 saturated heterocycles. The normalized spacial score (nSPS) is 22.1. The summed E-state index contributed by atoms with van der Waals surface area (Å²) in [5.41, 5.74) is 0.668. The molecule has 6 heteroatoms. The molecule has 84 valence electrons. The standard InChI is InChI=1S/C10H11N3O2S/c1-13(2)10(15)16-7-5-3-4-6-8(7)12-9(14)11-6/h3-5,8H,1-2H3,(H,12,14). The minimum Gasteiger partial charge on any atom is -0.339 e. The van der Waals surface area contributed by atoms with E-state index in [1.165, 1.54) is 4.90 Å². The van der Waals surface area contributed by atoms with E-state index in [2.05, 4.69) is 10.3 Å². The van der Waals surface area contributed by atoms with E-state index in [0.29, 0.717) is 5.71 Å². The summed E-state index contributed by atoms with van der Waals surface area (Å²) in [6, 6.07) is -0.609. The van der Waals surface area contributed by atoms with E-state index >= 15 is 0 Å². The predicted octanol–water partition coefficient (Wildman–Crippen LogP) is 1.39. The van der Waals surface area contributed by atoms with Crippen molar-refractivity contribution in [1.29, 1.82) is 0 Å². The highest BCUT2D eigenvalue weighted by atomic mass is 32.2. The fourth-order valence-electron chi connectivity index (χ4n) is 1.38. The van der Waals surface area contributed by atoms with Gasteiger partial charge in [-0.15, -0.1) is 0 Å². The van der Waals surface area contributed by atoms with Crippen LogP contribution in [0.15, 0.2) is 28.1 Å². The highest BCUT2D eigenvalue weighted by molar-refractivity contribution is 8.16. The molecule has 0 radical (unpaired) electrons. The maximum absolute atomic E-state index is 11.6. The summed E-state index contributed by atoms with van der Waals surface area (Å²) in [5.74, 6) is 0. The molecule has 0 bridgehead atoms. The van der Waals surface area contributed by atoms with Crippen molar-refractivity contribution in [2.75, 3.05) is 14.1 Å². The molecule has 1 aliphatic heterocycles. The number of hydrogen-bond donors (Lipinski definition) is 1. The van der Waals surface area contributed by atoms with Gasteiger partial charge >= 0.3 is 6.03 Å². The van der Waals surface area contributed by atoms with Crippen LogP contribution < -0.4 is 5.32 Å². The van der Waals surface area contributed by atoms with Crippen LogP contribution in [0.4, 0.5) is 9.59 Å². The van der Waals surface area contributed by atoms with Crippen molar-refractivity contribution in [2.45, 2.75) is 6.04 Å². The highest BCUT2D eigenvalue weighted by Gasteiger charge is 2.30. The van der Waals surface area contributed by atoms with E-state index in [4.69, 9.17) is 0 Å². The molecule has 0 fully saturated rings. The molecule has 2 aliphatic rings. The fraction of sp³-hybridized carbons (Fsp3) is 0.300. The molecule has 2 rings (SSSR count). The Morgan fingerprint density at radius 3 is 3.00 bits per heavy atom. The highest BCUT2D eigenvalue weighted by Crippen LogP contribution is 2.27. The molecule has 1 N–H and O–H groups in total. The zero-order chi connectivity index (χ0) is 11.7. The molecule has 1 heterocycles. The van der Waals surface area contributed by atoms with Crippen molar-refractivity contribution >= 4 is 28.7 Å². The van der Waals surface area contributed by atoms with Gasteiger partial charge in [-0.1, -0.05) is 6.08 Å². The predicted molar refractivity (Wildman–Crippen MR) is 63.7 cm³/mol. The van der Waals surface area contributed by atoms with Crippen LogP contribution in [-0.2, 0) is 0 Å². The topological polar surface area (TPSA) is 61.8 Å². The smallest absolute Gasteiger partial charge is 0.339 e. The summed E-state index contributed by atoms with van der Waals surface area (Å²) in [6.07, 6.45) is 5.38. The second-order valence-electron chi connectivity index (χ2n) is 3.61. The number of aliphatic imine (C=N–C) groups is 1. The van der Waals surface area contributed by atoms with Crippen LogP contribution in [0.3, 0.4) is 0 Å². The van der Waals surface area contributed by atoms with Gasteiger partial charge in [0.1, 0.15) is 6.04 Å². The summed E-state index contributed by atoms with van der Waals surface area (Å²) < 4.78 is 0. The first kappa shape index (κ1) is 10.9.